The maximum absolute atomic E-state index is 13.2. The molecule has 1 saturated heterocycles. The van der Waals surface area contributed by atoms with Gasteiger partial charge in [0, 0.05) is 54.3 Å². The molecule has 2 heterocycles. The summed E-state index contributed by atoms with van der Waals surface area (Å²) in [7, 11) is 0. The standard InChI is InChI=1S/C25H26FN3OS.ClH/c26-21-11-9-18(10-12-21)23-17-31-24(27-23)19-5-7-20(8-6-19)25(30)29-14-2-13-28(15-16-29)22-3-1-4-22;/h5-12,17,22H,1-4,13-16H2;1H. The van der Waals surface area contributed by atoms with Gasteiger partial charge >= 0.3 is 0 Å². The van der Waals surface area contributed by atoms with Gasteiger partial charge in [-0.1, -0.05) is 18.6 Å². The lowest BCUT2D eigenvalue weighted by atomic mass is 9.91. The van der Waals surface area contributed by atoms with Crippen LogP contribution in [0.5, 0.6) is 0 Å². The molecule has 4 nitrogen and oxygen atoms in total. The Hall–Kier alpha value is -2.28. The molecule has 0 radical (unpaired) electrons. The summed E-state index contributed by atoms with van der Waals surface area (Å²) < 4.78 is 13.2. The predicted octanol–water partition coefficient (Wildman–Crippen LogP) is 5.74. The zero-order valence-electron chi connectivity index (χ0n) is 17.9. The molecule has 0 N–H and O–H groups in total. The van der Waals surface area contributed by atoms with Gasteiger partial charge in [0.05, 0.1) is 5.69 Å². The number of aromatic nitrogens is 1. The summed E-state index contributed by atoms with van der Waals surface area (Å²) in [5.74, 6) is -0.132. The fraction of sp³-hybridized carbons (Fsp3) is 0.360. The molecule has 2 aromatic carbocycles. The van der Waals surface area contributed by atoms with E-state index >= 15 is 0 Å². The molecule has 1 aromatic heterocycles. The lowest BCUT2D eigenvalue weighted by Crippen LogP contribution is -2.42. The maximum atomic E-state index is 13.2. The average molecular weight is 472 g/mol. The van der Waals surface area contributed by atoms with Crippen LogP contribution < -0.4 is 0 Å². The Morgan fingerprint density at radius 2 is 1.62 bits per heavy atom. The van der Waals surface area contributed by atoms with E-state index in [1.54, 1.807) is 23.5 Å². The molecule has 32 heavy (non-hydrogen) atoms. The summed E-state index contributed by atoms with van der Waals surface area (Å²) >= 11 is 1.55. The number of thiazole rings is 1. The van der Waals surface area contributed by atoms with Crippen molar-refractivity contribution in [2.24, 2.45) is 0 Å². The monoisotopic (exact) mass is 471 g/mol. The van der Waals surface area contributed by atoms with Gasteiger partial charge in [0.2, 0.25) is 0 Å². The normalized spacial score (nSPS) is 17.3. The summed E-state index contributed by atoms with van der Waals surface area (Å²) in [4.78, 5) is 22.3. The third-order valence-electron chi connectivity index (χ3n) is 6.43. The van der Waals surface area contributed by atoms with Crippen molar-refractivity contribution < 1.29 is 9.18 Å². The molecular weight excluding hydrogens is 445 g/mol. The molecule has 168 valence electrons. The molecule has 2 aliphatic rings. The Kier molecular flexibility index (Phi) is 7.23. The van der Waals surface area contributed by atoms with E-state index in [1.165, 1.54) is 31.4 Å². The average Bonchev–Trinajstić information content (AvgIpc) is 3.13. The van der Waals surface area contributed by atoms with Crippen LogP contribution in [0.4, 0.5) is 4.39 Å². The van der Waals surface area contributed by atoms with E-state index in [9.17, 15) is 9.18 Å². The van der Waals surface area contributed by atoms with Gasteiger partial charge in [-0.3, -0.25) is 9.69 Å². The van der Waals surface area contributed by atoms with E-state index in [-0.39, 0.29) is 24.1 Å². The number of halogens is 2. The van der Waals surface area contributed by atoms with Gasteiger partial charge in [0.1, 0.15) is 10.8 Å². The second-order valence-corrected chi connectivity index (χ2v) is 9.25. The quantitative estimate of drug-likeness (QED) is 0.487. The summed E-state index contributed by atoms with van der Waals surface area (Å²) in [5, 5.41) is 2.87. The molecular formula is C25H27ClFN3OS. The molecule has 2 fully saturated rings. The van der Waals surface area contributed by atoms with Crippen LogP contribution in [-0.4, -0.2) is 52.9 Å². The molecule has 1 aliphatic heterocycles. The number of benzene rings is 2. The van der Waals surface area contributed by atoms with Crippen molar-refractivity contribution in [3.63, 3.8) is 0 Å². The van der Waals surface area contributed by atoms with E-state index in [0.717, 1.165) is 66.0 Å². The Morgan fingerprint density at radius 3 is 2.31 bits per heavy atom. The zero-order chi connectivity index (χ0) is 21.2. The van der Waals surface area contributed by atoms with Gasteiger partial charge in [-0.2, -0.15) is 0 Å². The third-order valence-corrected chi connectivity index (χ3v) is 7.32. The predicted molar refractivity (Wildman–Crippen MR) is 130 cm³/mol. The van der Waals surface area contributed by atoms with Crippen LogP contribution in [0.1, 0.15) is 36.0 Å². The minimum absolute atomic E-state index is 0. The minimum atomic E-state index is -0.250. The smallest absolute Gasteiger partial charge is 0.253 e. The van der Waals surface area contributed by atoms with Gasteiger partial charge in [-0.15, -0.1) is 23.7 Å². The Balaban J connectivity index is 0.00000245. The van der Waals surface area contributed by atoms with E-state index < -0.39 is 0 Å². The second kappa shape index (κ2) is 10.1. The molecule has 0 unspecified atom stereocenters. The molecule has 1 saturated carbocycles. The van der Waals surface area contributed by atoms with Crippen molar-refractivity contribution in [1.29, 1.82) is 0 Å². The first-order chi connectivity index (χ1) is 15.2. The van der Waals surface area contributed by atoms with Crippen LogP contribution in [0.3, 0.4) is 0 Å². The topological polar surface area (TPSA) is 36.4 Å². The van der Waals surface area contributed by atoms with Crippen LogP contribution in [0.25, 0.3) is 21.8 Å². The summed E-state index contributed by atoms with van der Waals surface area (Å²) in [6, 6.07) is 14.9. The van der Waals surface area contributed by atoms with E-state index in [2.05, 4.69) is 4.90 Å². The van der Waals surface area contributed by atoms with Crippen molar-refractivity contribution in [2.45, 2.75) is 31.7 Å². The van der Waals surface area contributed by atoms with E-state index in [4.69, 9.17) is 4.98 Å². The number of amides is 1. The highest BCUT2D eigenvalue weighted by atomic mass is 35.5. The summed E-state index contributed by atoms with van der Waals surface area (Å²) in [6.07, 6.45) is 5.02. The highest BCUT2D eigenvalue weighted by Crippen LogP contribution is 2.30. The van der Waals surface area contributed by atoms with E-state index in [1.807, 2.05) is 34.5 Å². The zero-order valence-corrected chi connectivity index (χ0v) is 19.5. The molecule has 0 bridgehead atoms. The Labute approximate surface area is 198 Å². The van der Waals surface area contributed by atoms with Gasteiger partial charge in [-0.05, 0) is 55.7 Å². The molecule has 5 rings (SSSR count). The van der Waals surface area contributed by atoms with Crippen LogP contribution in [0, 0.1) is 5.82 Å². The van der Waals surface area contributed by atoms with Crippen molar-refractivity contribution in [1.82, 2.24) is 14.8 Å². The van der Waals surface area contributed by atoms with Gasteiger partial charge in [0.25, 0.3) is 5.91 Å². The van der Waals surface area contributed by atoms with Crippen LogP contribution >= 0.6 is 23.7 Å². The van der Waals surface area contributed by atoms with Crippen molar-refractivity contribution in [2.75, 3.05) is 26.2 Å². The maximum Gasteiger partial charge on any atom is 0.253 e. The fourth-order valence-corrected chi connectivity index (χ4v) is 5.19. The minimum Gasteiger partial charge on any atom is -0.337 e. The number of nitrogens with zero attached hydrogens (tertiary/aromatic N) is 3. The largest absolute Gasteiger partial charge is 0.337 e. The third kappa shape index (κ3) is 4.87. The lowest BCUT2D eigenvalue weighted by Gasteiger charge is -2.36. The number of hydrogen-bond donors (Lipinski definition) is 0. The molecule has 1 amide bonds. The van der Waals surface area contributed by atoms with Gasteiger partial charge in [0.15, 0.2) is 0 Å². The first kappa shape index (κ1) is 22.9. The number of rotatable bonds is 4. The first-order valence-electron chi connectivity index (χ1n) is 11.0. The molecule has 0 spiro atoms. The number of carbonyl (C=O) groups excluding carboxylic acids is 1. The van der Waals surface area contributed by atoms with Crippen molar-refractivity contribution in [3.05, 3.63) is 65.3 Å². The highest BCUT2D eigenvalue weighted by Gasteiger charge is 2.28. The van der Waals surface area contributed by atoms with Crippen LogP contribution in [-0.2, 0) is 0 Å². The summed E-state index contributed by atoms with van der Waals surface area (Å²) in [6.45, 7) is 3.73. The second-order valence-electron chi connectivity index (χ2n) is 8.39. The Bertz CT molecular complexity index is 1050. The van der Waals surface area contributed by atoms with Crippen LogP contribution in [0.2, 0.25) is 0 Å². The lowest BCUT2D eigenvalue weighted by molar-refractivity contribution is 0.0749. The number of carbonyl (C=O) groups is 1. The van der Waals surface area contributed by atoms with Crippen molar-refractivity contribution >= 4 is 29.7 Å². The number of hydrogen-bond acceptors (Lipinski definition) is 4. The van der Waals surface area contributed by atoms with Crippen LogP contribution in [0.15, 0.2) is 53.9 Å². The van der Waals surface area contributed by atoms with Crippen molar-refractivity contribution in [3.8, 4) is 21.8 Å². The SMILES string of the molecule is Cl.O=C(c1ccc(-c2nc(-c3ccc(F)cc3)cs2)cc1)N1CCCN(C2CCC2)CC1. The fourth-order valence-electron chi connectivity index (χ4n) is 4.36. The van der Waals surface area contributed by atoms with E-state index in [0.29, 0.717) is 0 Å². The molecule has 3 aromatic rings. The highest BCUT2D eigenvalue weighted by molar-refractivity contribution is 7.13. The van der Waals surface area contributed by atoms with Gasteiger partial charge < -0.3 is 4.90 Å². The molecule has 7 heteroatoms. The Morgan fingerprint density at radius 1 is 0.906 bits per heavy atom. The van der Waals surface area contributed by atoms with Gasteiger partial charge in [-0.25, -0.2) is 9.37 Å². The summed E-state index contributed by atoms with van der Waals surface area (Å²) in [5.41, 5.74) is 3.45. The first-order valence-corrected chi connectivity index (χ1v) is 11.9. The molecule has 1 aliphatic carbocycles. The molecule has 0 atom stereocenters.